The quantitative estimate of drug-likeness (QED) is 0.729. The average Bonchev–Trinajstić information content (AvgIpc) is 2.99. The van der Waals surface area contributed by atoms with Crippen molar-refractivity contribution in [3.63, 3.8) is 0 Å². The number of ether oxygens (including phenoxy) is 1. The Balaban J connectivity index is 2.16. The highest BCUT2D eigenvalue weighted by Crippen LogP contribution is 2.31. The van der Waals surface area contributed by atoms with Gasteiger partial charge >= 0.3 is 5.97 Å². The van der Waals surface area contributed by atoms with Crippen LogP contribution < -0.4 is 0 Å². The first-order valence-electron chi connectivity index (χ1n) is 7.63. The van der Waals surface area contributed by atoms with Gasteiger partial charge in [-0.25, -0.2) is 8.42 Å². The SMILES string of the molecule is COC(=O)CN(C1CCCC1)S(=O)(=O)C1CCCCC1. The van der Waals surface area contributed by atoms with Gasteiger partial charge in [-0.05, 0) is 25.7 Å². The van der Waals surface area contributed by atoms with Crippen LogP contribution >= 0.6 is 0 Å². The largest absolute Gasteiger partial charge is 0.468 e. The molecular formula is C14H25NO4S. The molecule has 2 saturated carbocycles. The van der Waals surface area contributed by atoms with E-state index in [0.29, 0.717) is 0 Å². The van der Waals surface area contributed by atoms with E-state index in [1.807, 2.05) is 0 Å². The number of carbonyl (C=O) groups is 1. The number of sulfonamides is 1. The van der Waals surface area contributed by atoms with Gasteiger partial charge in [0.25, 0.3) is 0 Å². The predicted octanol–water partition coefficient (Wildman–Crippen LogP) is 2.07. The minimum atomic E-state index is -3.38. The molecule has 0 aromatic carbocycles. The molecule has 0 aromatic rings. The number of nitrogens with zero attached hydrogens (tertiary/aromatic N) is 1. The maximum Gasteiger partial charge on any atom is 0.321 e. The summed E-state index contributed by atoms with van der Waals surface area (Å²) in [5.41, 5.74) is 0. The molecule has 20 heavy (non-hydrogen) atoms. The van der Waals surface area contributed by atoms with Crippen LogP contribution in [0.25, 0.3) is 0 Å². The maximum atomic E-state index is 12.8. The van der Waals surface area contributed by atoms with Crippen molar-refractivity contribution in [2.45, 2.75) is 69.1 Å². The van der Waals surface area contributed by atoms with E-state index < -0.39 is 16.0 Å². The zero-order valence-corrected chi connectivity index (χ0v) is 13.0. The molecule has 0 heterocycles. The zero-order chi connectivity index (χ0) is 14.6. The van der Waals surface area contributed by atoms with Crippen molar-refractivity contribution >= 4 is 16.0 Å². The van der Waals surface area contributed by atoms with E-state index in [-0.39, 0.29) is 17.8 Å². The molecule has 5 nitrogen and oxygen atoms in total. The minimum absolute atomic E-state index is 0.0129. The lowest BCUT2D eigenvalue weighted by Gasteiger charge is -2.32. The van der Waals surface area contributed by atoms with Gasteiger partial charge in [-0.3, -0.25) is 4.79 Å². The van der Waals surface area contributed by atoms with Crippen LogP contribution in [0.1, 0.15) is 57.8 Å². The fourth-order valence-corrected chi connectivity index (χ4v) is 5.59. The van der Waals surface area contributed by atoms with Crippen molar-refractivity contribution in [1.82, 2.24) is 4.31 Å². The van der Waals surface area contributed by atoms with Crippen molar-refractivity contribution in [2.75, 3.05) is 13.7 Å². The molecule has 116 valence electrons. The van der Waals surface area contributed by atoms with Gasteiger partial charge in [0.05, 0.1) is 12.4 Å². The molecule has 0 saturated heterocycles. The van der Waals surface area contributed by atoms with Gasteiger partial charge in [0.15, 0.2) is 0 Å². The highest BCUT2D eigenvalue weighted by Gasteiger charge is 2.39. The van der Waals surface area contributed by atoms with Gasteiger partial charge in [0, 0.05) is 6.04 Å². The van der Waals surface area contributed by atoms with Crippen molar-refractivity contribution < 1.29 is 17.9 Å². The summed E-state index contributed by atoms with van der Waals surface area (Å²) in [4.78, 5) is 11.6. The molecule has 6 heteroatoms. The summed E-state index contributed by atoms with van der Waals surface area (Å²) in [6.45, 7) is -0.125. The van der Waals surface area contributed by atoms with E-state index in [2.05, 4.69) is 4.74 Å². The summed E-state index contributed by atoms with van der Waals surface area (Å²) in [5.74, 6) is -0.462. The topological polar surface area (TPSA) is 63.7 Å². The summed E-state index contributed by atoms with van der Waals surface area (Å²) >= 11 is 0. The molecule has 2 rings (SSSR count). The molecule has 0 bridgehead atoms. The Hall–Kier alpha value is -0.620. The molecule has 2 aliphatic rings. The molecule has 0 aliphatic heterocycles. The first kappa shape index (κ1) is 15.8. The molecule has 0 spiro atoms. The number of rotatable bonds is 5. The molecule has 0 radical (unpaired) electrons. The first-order valence-corrected chi connectivity index (χ1v) is 9.13. The summed E-state index contributed by atoms with van der Waals surface area (Å²) < 4.78 is 31.8. The summed E-state index contributed by atoms with van der Waals surface area (Å²) in [5, 5.41) is -0.304. The fraction of sp³-hybridized carbons (Fsp3) is 0.929. The van der Waals surface area contributed by atoms with Crippen LogP contribution in [0.15, 0.2) is 0 Å². The fourth-order valence-electron chi connectivity index (χ4n) is 3.37. The predicted molar refractivity (Wildman–Crippen MR) is 76.8 cm³/mol. The van der Waals surface area contributed by atoms with Gasteiger partial charge in [-0.1, -0.05) is 32.1 Å². The van der Waals surface area contributed by atoms with Crippen LogP contribution in [0.2, 0.25) is 0 Å². The van der Waals surface area contributed by atoms with E-state index in [1.54, 1.807) is 0 Å². The Bertz CT molecular complexity index is 422. The highest BCUT2D eigenvalue weighted by atomic mass is 32.2. The minimum Gasteiger partial charge on any atom is -0.468 e. The molecule has 0 atom stereocenters. The second-order valence-electron chi connectivity index (χ2n) is 5.86. The summed E-state index contributed by atoms with van der Waals surface area (Å²) in [6, 6.07) is -0.0129. The molecule has 0 aromatic heterocycles. The van der Waals surface area contributed by atoms with E-state index >= 15 is 0 Å². The van der Waals surface area contributed by atoms with Crippen molar-refractivity contribution in [3.05, 3.63) is 0 Å². The Kier molecular flexibility index (Phi) is 5.43. The molecule has 2 aliphatic carbocycles. The van der Waals surface area contributed by atoms with E-state index in [1.165, 1.54) is 11.4 Å². The van der Waals surface area contributed by atoms with E-state index in [9.17, 15) is 13.2 Å². The van der Waals surface area contributed by atoms with Crippen LogP contribution in [0.3, 0.4) is 0 Å². The Morgan fingerprint density at radius 1 is 1.05 bits per heavy atom. The average molecular weight is 303 g/mol. The van der Waals surface area contributed by atoms with Crippen LogP contribution in [0.4, 0.5) is 0 Å². The van der Waals surface area contributed by atoms with E-state index in [4.69, 9.17) is 0 Å². The van der Waals surface area contributed by atoms with Gasteiger partial charge < -0.3 is 4.74 Å². The molecule has 0 N–H and O–H groups in total. The van der Waals surface area contributed by atoms with E-state index in [0.717, 1.165) is 57.8 Å². The molecular weight excluding hydrogens is 278 g/mol. The third kappa shape index (κ3) is 3.52. The third-order valence-electron chi connectivity index (χ3n) is 4.54. The van der Waals surface area contributed by atoms with Gasteiger partial charge in [0.1, 0.15) is 6.54 Å². The number of esters is 1. The highest BCUT2D eigenvalue weighted by molar-refractivity contribution is 7.89. The maximum absolute atomic E-state index is 12.8. The number of methoxy groups -OCH3 is 1. The number of carbonyl (C=O) groups excluding carboxylic acids is 1. The Labute approximate surface area is 121 Å². The summed E-state index contributed by atoms with van der Waals surface area (Å²) in [7, 11) is -2.07. The number of hydrogen-bond acceptors (Lipinski definition) is 4. The van der Waals surface area contributed by atoms with Crippen molar-refractivity contribution in [3.8, 4) is 0 Å². The van der Waals surface area contributed by atoms with Crippen LogP contribution in [-0.2, 0) is 19.6 Å². The normalized spacial score (nSPS) is 22.3. The second kappa shape index (κ2) is 6.89. The van der Waals surface area contributed by atoms with Gasteiger partial charge in [-0.2, -0.15) is 4.31 Å². The summed E-state index contributed by atoms with van der Waals surface area (Å²) in [6.07, 6.45) is 8.34. The molecule has 0 unspecified atom stereocenters. The molecule has 0 amide bonds. The lowest BCUT2D eigenvalue weighted by molar-refractivity contribution is -0.141. The van der Waals surface area contributed by atoms with Crippen LogP contribution in [0.5, 0.6) is 0 Å². The third-order valence-corrected chi connectivity index (χ3v) is 6.94. The van der Waals surface area contributed by atoms with Gasteiger partial charge in [-0.15, -0.1) is 0 Å². The van der Waals surface area contributed by atoms with Crippen LogP contribution in [0, 0.1) is 0 Å². The molecule has 2 fully saturated rings. The smallest absolute Gasteiger partial charge is 0.321 e. The first-order chi connectivity index (χ1) is 9.55. The van der Waals surface area contributed by atoms with Crippen molar-refractivity contribution in [2.24, 2.45) is 0 Å². The standard InChI is InChI=1S/C14H25NO4S/c1-19-14(16)11-15(12-7-5-6-8-12)20(17,18)13-9-3-2-4-10-13/h12-13H,2-11H2,1H3. The van der Waals surface area contributed by atoms with Crippen LogP contribution in [-0.4, -0.2) is 43.6 Å². The Morgan fingerprint density at radius 2 is 1.60 bits per heavy atom. The lowest BCUT2D eigenvalue weighted by atomic mass is 10.0. The second-order valence-corrected chi connectivity index (χ2v) is 8.03. The van der Waals surface area contributed by atoms with Crippen molar-refractivity contribution in [1.29, 1.82) is 0 Å². The number of hydrogen-bond donors (Lipinski definition) is 0. The Morgan fingerprint density at radius 3 is 2.15 bits per heavy atom. The zero-order valence-electron chi connectivity index (χ0n) is 12.2. The van der Waals surface area contributed by atoms with Gasteiger partial charge in [0.2, 0.25) is 10.0 Å². The monoisotopic (exact) mass is 303 g/mol. The lowest BCUT2D eigenvalue weighted by Crippen LogP contribution is -2.47.